The van der Waals surface area contributed by atoms with Gasteiger partial charge in [-0.3, -0.25) is 24.3 Å². The molecule has 1 amide bonds. The highest BCUT2D eigenvalue weighted by atomic mass is 32.1. The van der Waals surface area contributed by atoms with Crippen molar-refractivity contribution in [2.45, 2.75) is 13.5 Å². The first-order chi connectivity index (χ1) is 11.5. The van der Waals surface area contributed by atoms with Crippen LogP contribution in [0.4, 0.5) is 11.4 Å². The normalized spacial score (nSPS) is 10.7. The summed E-state index contributed by atoms with van der Waals surface area (Å²) in [4.78, 5) is 39.5. The average molecular weight is 344 g/mol. The highest BCUT2D eigenvalue weighted by Gasteiger charge is 2.13. The Morgan fingerprint density at radius 2 is 2.21 bits per heavy atom. The molecule has 0 atom stereocenters. The molecule has 0 radical (unpaired) electrons. The Kier molecular flexibility index (Phi) is 4.09. The molecule has 8 nitrogen and oxygen atoms in total. The van der Waals surface area contributed by atoms with Crippen molar-refractivity contribution in [1.82, 2.24) is 9.55 Å². The molecule has 2 aromatic heterocycles. The van der Waals surface area contributed by atoms with Crippen LogP contribution in [0.3, 0.4) is 0 Å². The number of nitrogens with zero attached hydrogens (tertiary/aromatic N) is 3. The quantitative estimate of drug-likeness (QED) is 0.577. The summed E-state index contributed by atoms with van der Waals surface area (Å²) in [5.74, 6) is -0.461. The van der Waals surface area contributed by atoms with Gasteiger partial charge in [-0.1, -0.05) is 6.07 Å². The Bertz CT molecular complexity index is 1010. The molecule has 3 aromatic rings. The van der Waals surface area contributed by atoms with E-state index in [1.165, 1.54) is 34.4 Å². The lowest BCUT2D eigenvalue weighted by Gasteiger charge is -2.09. The van der Waals surface area contributed by atoms with Gasteiger partial charge in [-0.25, -0.2) is 4.98 Å². The molecule has 1 N–H and O–H groups in total. The zero-order valence-corrected chi connectivity index (χ0v) is 13.4. The van der Waals surface area contributed by atoms with E-state index in [0.717, 1.165) is 0 Å². The van der Waals surface area contributed by atoms with Crippen LogP contribution in [-0.2, 0) is 11.3 Å². The second kappa shape index (κ2) is 6.20. The van der Waals surface area contributed by atoms with Crippen LogP contribution >= 0.6 is 11.3 Å². The summed E-state index contributed by atoms with van der Waals surface area (Å²) in [6, 6.07) is 5.87. The van der Waals surface area contributed by atoms with Gasteiger partial charge in [0.1, 0.15) is 11.4 Å². The standard InChI is InChI=1S/C15H12N4O4S/c1-9-2-3-10(19(22)23)6-12(9)17-13(20)7-18-8-16-14-11(15(18)21)4-5-24-14/h2-6,8H,7H2,1H3,(H,17,20). The van der Waals surface area contributed by atoms with E-state index in [-0.39, 0.29) is 17.8 Å². The summed E-state index contributed by atoms with van der Waals surface area (Å²) in [6.45, 7) is 1.50. The minimum absolute atomic E-state index is 0.116. The van der Waals surface area contributed by atoms with Gasteiger partial charge in [-0.15, -0.1) is 11.3 Å². The lowest BCUT2D eigenvalue weighted by Crippen LogP contribution is -2.27. The summed E-state index contributed by atoms with van der Waals surface area (Å²) >= 11 is 1.35. The molecule has 9 heteroatoms. The molecule has 24 heavy (non-hydrogen) atoms. The second-order valence-electron chi connectivity index (χ2n) is 5.12. The van der Waals surface area contributed by atoms with Crippen molar-refractivity contribution >= 4 is 38.8 Å². The van der Waals surface area contributed by atoms with E-state index in [1.54, 1.807) is 24.4 Å². The zero-order chi connectivity index (χ0) is 17.3. The van der Waals surface area contributed by atoms with Crippen LogP contribution in [0.2, 0.25) is 0 Å². The number of rotatable bonds is 4. The molecule has 0 aliphatic rings. The molecular weight excluding hydrogens is 332 g/mol. The largest absolute Gasteiger partial charge is 0.324 e. The van der Waals surface area contributed by atoms with Crippen LogP contribution in [0.5, 0.6) is 0 Å². The number of benzene rings is 1. The first kappa shape index (κ1) is 15.8. The van der Waals surface area contributed by atoms with Gasteiger partial charge in [0, 0.05) is 12.1 Å². The summed E-state index contributed by atoms with van der Waals surface area (Å²) in [5.41, 5.74) is 0.612. The number of fused-ring (bicyclic) bond motifs is 1. The Hall–Kier alpha value is -3.07. The number of nitro groups is 1. The maximum absolute atomic E-state index is 12.2. The number of carbonyl (C=O) groups is 1. The van der Waals surface area contributed by atoms with Gasteiger partial charge in [0.05, 0.1) is 22.3 Å². The summed E-state index contributed by atoms with van der Waals surface area (Å²) in [7, 11) is 0. The van der Waals surface area contributed by atoms with Crippen LogP contribution in [0.25, 0.3) is 10.2 Å². The lowest BCUT2D eigenvalue weighted by molar-refractivity contribution is -0.384. The Balaban J connectivity index is 1.82. The number of thiophene rings is 1. The number of carbonyl (C=O) groups excluding carboxylic acids is 1. The van der Waals surface area contributed by atoms with Crippen molar-refractivity contribution in [3.63, 3.8) is 0 Å². The molecular formula is C15H12N4O4S. The molecule has 1 aromatic carbocycles. The lowest BCUT2D eigenvalue weighted by atomic mass is 10.2. The van der Waals surface area contributed by atoms with Crippen LogP contribution in [0.15, 0.2) is 40.8 Å². The van der Waals surface area contributed by atoms with Crippen molar-refractivity contribution in [3.8, 4) is 0 Å². The smallest absolute Gasteiger partial charge is 0.271 e. The maximum atomic E-state index is 12.2. The first-order valence-corrected chi connectivity index (χ1v) is 7.81. The van der Waals surface area contributed by atoms with Gasteiger partial charge < -0.3 is 5.32 Å². The van der Waals surface area contributed by atoms with Gasteiger partial charge in [0.15, 0.2) is 0 Å². The third-order valence-corrected chi connectivity index (χ3v) is 4.29. The summed E-state index contributed by atoms with van der Waals surface area (Å²) < 4.78 is 1.21. The van der Waals surface area contributed by atoms with E-state index in [0.29, 0.717) is 21.5 Å². The van der Waals surface area contributed by atoms with Gasteiger partial charge in [0.2, 0.25) is 5.91 Å². The third-order valence-electron chi connectivity index (χ3n) is 3.47. The number of nitrogens with one attached hydrogen (secondary N) is 1. The van der Waals surface area contributed by atoms with E-state index >= 15 is 0 Å². The summed E-state index contributed by atoms with van der Waals surface area (Å²) in [6.07, 6.45) is 1.32. The number of hydrogen-bond acceptors (Lipinski definition) is 6. The SMILES string of the molecule is Cc1ccc([N+](=O)[O-])cc1NC(=O)Cn1cnc2sccc2c1=O. The van der Waals surface area contributed by atoms with Crippen molar-refractivity contribution in [1.29, 1.82) is 0 Å². The van der Waals surface area contributed by atoms with E-state index < -0.39 is 10.8 Å². The molecule has 0 aliphatic heterocycles. The number of anilines is 1. The maximum Gasteiger partial charge on any atom is 0.271 e. The fourth-order valence-electron chi connectivity index (χ4n) is 2.21. The number of non-ortho nitro benzene ring substituents is 1. The predicted octanol–water partition coefficient (Wildman–Crippen LogP) is 2.31. The van der Waals surface area contributed by atoms with Crippen LogP contribution < -0.4 is 10.9 Å². The zero-order valence-electron chi connectivity index (χ0n) is 12.6. The first-order valence-electron chi connectivity index (χ1n) is 6.93. The highest BCUT2D eigenvalue weighted by molar-refractivity contribution is 7.16. The average Bonchev–Trinajstić information content (AvgIpc) is 3.01. The fraction of sp³-hybridized carbons (Fsp3) is 0.133. The predicted molar refractivity (Wildman–Crippen MR) is 90.3 cm³/mol. The summed E-state index contributed by atoms with van der Waals surface area (Å²) in [5, 5.41) is 15.6. The topological polar surface area (TPSA) is 107 Å². The Morgan fingerprint density at radius 3 is 2.96 bits per heavy atom. The van der Waals surface area contributed by atoms with E-state index in [1.807, 2.05) is 0 Å². The van der Waals surface area contributed by atoms with Crippen molar-refractivity contribution < 1.29 is 9.72 Å². The van der Waals surface area contributed by atoms with Crippen LogP contribution in [0.1, 0.15) is 5.56 Å². The van der Waals surface area contributed by atoms with Gasteiger partial charge in [0.25, 0.3) is 11.2 Å². The van der Waals surface area contributed by atoms with E-state index in [4.69, 9.17) is 0 Å². The van der Waals surface area contributed by atoms with Crippen molar-refractivity contribution in [3.05, 3.63) is 62.0 Å². The molecule has 2 heterocycles. The van der Waals surface area contributed by atoms with Crippen LogP contribution in [0, 0.1) is 17.0 Å². The number of aromatic nitrogens is 2. The number of nitro benzene ring substituents is 1. The molecule has 0 fully saturated rings. The molecule has 0 saturated carbocycles. The van der Waals surface area contributed by atoms with Crippen molar-refractivity contribution in [2.75, 3.05) is 5.32 Å². The second-order valence-corrected chi connectivity index (χ2v) is 6.02. The van der Waals surface area contributed by atoms with Crippen molar-refractivity contribution in [2.24, 2.45) is 0 Å². The molecule has 3 rings (SSSR count). The molecule has 0 unspecified atom stereocenters. The highest BCUT2D eigenvalue weighted by Crippen LogP contribution is 2.21. The van der Waals surface area contributed by atoms with Gasteiger partial charge in [-0.2, -0.15) is 0 Å². The molecule has 0 spiro atoms. The Morgan fingerprint density at radius 1 is 1.42 bits per heavy atom. The van der Waals surface area contributed by atoms with E-state index in [2.05, 4.69) is 10.3 Å². The monoisotopic (exact) mass is 344 g/mol. The van der Waals surface area contributed by atoms with Crippen LogP contribution in [-0.4, -0.2) is 20.4 Å². The number of hydrogen-bond donors (Lipinski definition) is 1. The minimum atomic E-state index is -0.534. The van der Waals surface area contributed by atoms with Gasteiger partial charge in [-0.05, 0) is 23.9 Å². The third kappa shape index (κ3) is 3.01. The molecule has 0 bridgehead atoms. The number of amides is 1. The molecule has 0 aliphatic carbocycles. The molecule has 122 valence electrons. The number of aryl methyl sites for hydroxylation is 1. The minimum Gasteiger partial charge on any atom is -0.324 e. The molecule has 0 saturated heterocycles. The van der Waals surface area contributed by atoms with E-state index in [9.17, 15) is 19.7 Å². The fourth-order valence-corrected chi connectivity index (χ4v) is 2.93. The van der Waals surface area contributed by atoms with Gasteiger partial charge >= 0.3 is 0 Å². The Labute approximate surface area is 139 Å².